The lowest BCUT2D eigenvalue weighted by atomic mass is 10.1. The second-order valence-electron chi connectivity index (χ2n) is 4.04. The molecule has 114 valence electrons. The van der Waals surface area contributed by atoms with Crippen LogP contribution in [0.3, 0.4) is 0 Å². The molecule has 1 amide bonds. The average Bonchev–Trinajstić information content (AvgIpc) is 2.45. The lowest BCUT2D eigenvalue weighted by Crippen LogP contribution is -2.26. The van der Waals surface area contributed by atoms with Crippen molar-refractivity contribution in [3.63, 3.8) is 0 Å². The quantitative estimate of drug-likeness (QED) is 0.760. The van der Waals surface area contributed by atoms with Crippen molar-refractivity contribution in [2.45, 2.75) is 34.1 Å². The Hall–Kier alpha value is -1.07. The van der Waals surface area contributed by atoms with Gasteiger partial charge in [0.1, 0.15) is 5.75 Å². The number of halogens is 1. The largest absolute Gasteiger partial charge is 0.493 e. The van der Waals surface area contributed by atoms with E-state index >= 15 is 0 Å². The normalized spacial score (nSPS) is 9.55. The molecule has 0 radical (unpaired) electrons. The molecule has 0 aromatic heterocycles. The third-order valence-electron chi connectivity index (χ3n) is 2.62. The Labute approximate surface area is 130 Å². The van der Waals surface area contributed by atoms with Crippen molar-refractivity contribution in [1.82, 2.24) is 5.06 Å². The van der Waals surface area contributed by atoms with E-state index in [2.05, 4.69) is 15.9 Å². The Morgan fingerprint density at radius 1 is 1.25 bits per heavy atom. The van der Waals surface area contributed by atoms with Gasteiger partial charge in [-0.1, -0.05) is 29.8 Å². The second kappa shape index (κ2) is 9.77. The Balaban J connectivity index is 0.00000172. The maximum absolute atomic E-state index is 11.5. The summed E-state index contributed by atoms with van der Waals surface area (Å²) in [6.45, 7) is 8.36. The first-order chi connectivity index (χ1) is 9.45. The lowest BCUT2D eigenvalue weighted by Gasteiger charge is -2.14. The van der Waals surface area contributed by atoms with E-state index in [1.807, 2.05) is 39.8 Å². The van der Waals surface area contributed by atoms with E-state index in [0.717, 1.165) is 21.3 Å². The highest BCUT2D eigenvalue weighted by atomic mass is 79.9. The summed E-state index contributed by atoms with van der Waals surface area (Å²) < 4.78 is 6.65. The molecule has 20 heavy (non-hydrogen) atoms. The van der Waals surface area contributed by atoms with Gasteiger partial charge in [0.2, 0.25) is 5.91 Å². The first-order valence-electron chi connectivity index (χ1n) is 6.66. The van der Waals surface area contributed by atoms with Crippen molar-refractivity contribution in [3.05, 3.63) is 27.7 Å². The predicted octanol–water partition coefficient (Wildman–Crippen LogP) is 3.88. The van der Waals surface area contributed by atoms with E-state index in [1.54, 1.807) is 7.05 Å². The topological polar surface area (TPSA) is 38.8 Å². The van der Waals surface area contributed by atoms with E-state index in [-0.39, 0.29) is 5.91 Å². The summed E-state index contributed by atoms with van der Waals surface area (Å²) in [5.74, 6) is 0.670. The minimum Gasteiger partial charge on any atom is -0.493 e. The standard InChI is InChI=1S/C13H18BrNO3.C2H6/c1-9-7-11(8-10(2)13(9)14)18-6-5-12(16)15(3)17-4;1-2/h7-8H,5-6H2,1-4H3;1-2H3. The van der Waals surface area contributed by atoms with Crippen LogP contribution in [0.2, 0.25) is 0 Å². The highest BCUT2D eigenvalue weighted by molar-refractivity contribution is 9.10. The highest BCUT2D eigenvalue weighted by Gasteiger charge is 2.08. The zero-order valence-corrected chi connectivity index (χ0v) is 14.7. The van der Waals surface area contributed by atoms with Crippen LogP contribution in [0.4, 0.5) is 0 Å². The Kier molecular flexibility index (Phi) is 9.25. The van der Waals surface area contributed by atoms with E-state index in [1.165, 1.54) is 12.2 Å². The van der Waals surface area contributed by atoms with Crippen molar-refractivity contribution in [2.75, 3.05) is 20.8 Å². The van der Waals surface area contributed by atoms with Gasteiger partial charge in [0.15, 0.2) is 0 Å². The molecular formula is C15H24BrNO3. The Morgan fingerprint density at radius 2 is 1.75 bits per heavy atom. The number of carbonyl (C=O) groups excluding carboxylic acids is 1. The van der Waals surface area contributed by atoms with E-state index in [0.29, 0.717) is 13.0 Å². The molecule has 0 unspecified atom stereocenters. The van der Waals surface area contributed by atoms with Crippen molar-refractivity contribution in [1.29, 1.82) is 0 Å². The zero-order chi connectivity index (χ0) is 15.7. The Morgan fingerprint density at radius 3 is 2.20 bits per heavy atom. The summed E-state index contributed by atoms with van der Waals surface area (Å²) in [7, 11) is 3.04. The van der Waals surface area contributed by atoms with Gasteiger partial charge >= 0.3 is 0 Å². The van der Waals surface area contributed by atoms with Crippen molar-refractivity contribution >= 4 is 21.8 Å². The molecule has 0 aliphatic rings. The first-order valence-corrected chi connectivity index (χ1v) is 7.45. The third kappa shape index (κ3) is 5.92. The van der Waals surface area contributed by atoms with Crippen LogP contribution >= 0.6 is 15.9 Å². The number of benzene rings is 1. The number of rotatable bonds is 5. The summed E-state index contributed by atoms with van der Waals surface area (Å²) in [5.41, 5.74) is 2.23. The van der Waals surface area contributed by atoms with E-state index in [4.69, 9.17) is 9.57 Å². The molecule has 0 bridgehead atoms. The van der Waals surface area contributed by atoms with Gasteiger partial charge in [-0.2, -0.15) is 0 Å². The molecule has 5 heteroatoms. The molecule has 0 atom stereocenters. The van der Waals surface area contributed by atoms with Gasteiger partial charge in [0.05, 0.1) is 20.1 Å². The van der Waals surface area contributed by atoms with Gasteiger partial charge in [-0.05, 0) is 37.1 Å². The molecule has 0 heterocycles. The zero-order valence-electron chi connectivity index (χ0n) is 13.1. The molecular weight excluding hydrogens is 322 g/mol. The summed E-state index contributed by atoms with van der Waals surface area (Å²) in [6, 6.07) is 3.89. The van der Waals surface area contributed by atoms with Gasteiger partial charge in [0.25, 0.3) is 0 Å². The summed E-state index contributed by atoms with van der Waals surface area (Å²) in [5, 5.41) is 1.20. The number of aryl methyl sites for hydroxylation is 2. The third-order valence-corrected chi connectivity index (χ3v) is 3.87. The fraction of sp³-hybridized carbons (Fsp3) is 0.533. The second-order valence-corrected chi connectivity index (χ2v) is 4.84. The molecule has 0 aliphatic heterocycles. The summed E-state index contributed by atoms with van der Waals surface area (Å²) >= 11 is 3.50. The smallest absolute Gasteiger partial charge is 0.249 e. The fourth-order valence-corrected chi connectivity index (χ4v) is 1.73. The molecule has 1 aromatic carbocycles. The summed E-state index contributed by atoms with van der Waals surface area (Å²) in [4.78, 5) is 16.3. The van der Waals surface area contributed by atoms with Gasteiger partial charge < -0.3 is 4.74 Å². The van der Waals surface area contributed by atoms with Crippen LogP contribution in [0.1, 0.15) is 31.4 Å². The number of hydrogen-bond donors (Lipinski definition) is 0. The van der Waals surface area contributed by atoms with Crippen LogP contribution in [0.5, 0.6) is 5.75 Å². The molecule has 0 spiro atoms. The number of amides is 1. The van der Waals surface area contributed by atoms with Crippen LogP contribution in [0, 0.1) is 13.8 Å². The molecule has 0 saturated heterocycles. The van der Waals surface area contributed by atoms with Crippen molar-refractivity contribution in [3.8, 4) is 5.75 Å². The van der Waals surface area contributed by atoms with Gasteiger partial charge in [0, 0.05) is 11.5 Å². The number of nitrogens with zero attached hydrogens (tertiary/aromatic N) is 1. The number of hydroxylamine groups is 2. The van der Waals surface area contributed by atoms with E-state index in [9.17, 15) is 4.79 Å². The van der Waals surface area contributed by atoms with E-state index < -0.39 is 0 Å². The van der Waals surface area contributed by atoms with Crippen LogP contribution in [-0.2, 0) is 9.63 Å². The molecule has 0 N–H and O–H groups in total. The molecule has 4 nitrogen and oxygen atoms in total. The van der Waals surface area contributed by atoms with Gasteiger partial charge in [-0.3, -0.25) is 9.63 Å². The highest BCUT2D eigenvalue weighted by Crippen LogP contribution is 2.26. The summed E-state index contributed by atoms with van der Waals surface area (Å²) in [6.07, 6.45) is 0.290. The molecule has 1 aromatic rings. The first kappa shape index (κ1) is 18.9. The number of ether oxygens (including phenoxy) is 1. The van der Waals surface area contributed by atoms with Crippen LogP contribution in [0.15, 0.2) is 16.6 Å². The van der Waals surface area contributed by atoms with Crippen molar-refractivity contribution in [2.24, 2.45) is 0 Å². The molecule has 0 saturated carbocycles. The molecule has 0 aliphatic carbocycles. The maximum atomic E-state index is 11.5. The average molecular weight is 346 g/mol. The lowest BCUT2D eigenvalue weighted by molar-refractivity contribution is -0.169. The molecule has 0 fully saturated rings. The van der Waals surface area contributed by atoms with Crippen molar-refractivity contribution < 1.29 is 14.4 Å². The minimum absolute atomic E-state index is 0.108. The molecule has 1 rings (SSSR count). The monoisotopic (exact) mass is 345 g/mol. The Bertz CT molecular complexity index is 412. The van der Waals surface area contributed by atoms with Crippen LogP contribution in [0.25, 0.3) is 0 Å². The number of carbonyl (C=O) groups is 1. The van der Waals surface area contributed by atoms with Gasteiger partial charge in [-0.25, -0.2) is 5.06 Å². The minimum atomic E-state index is -0.108. The maximum Gasteiger partial charge on any atom is 0.249 e. The predicted molar refractivity (Wildman–Crippen MR) is 84.9 cm³/mol. The van der Waals surface area contributed by atoms with Crippen LogP contribution in [-0.4, -0.2) is 31.7 Å². The van der Waals surface area contributed by atoms with Crippen LogP contribution < -0.4 is 4.74 Å². The SMILES string of the molecule is CC.CON(C)C(=O)CCOc1cc(C)c(Br)c(C)c1. The van der Waals surface area contributed by atoms with Gasteiger partial charge in [-0.15, -0.1) is 0 Å². The fourth-order valence-electron chi connectivity index (χ4n) is 1.50. The number of hydrogen-bond acceptors (Lipinski definition) is 3.